The van der Waals surface area contributed by atoms with Gasteiger partial charge in [-0.25, -0.2) is 0 Å². The van der Waals surface area contributed by atoms with Crippen LogP contribution < -0.4 is 20.9 Å². The predicted molar refractivity (Wildman–Crippen MR) is 124 cm³/mol. The number of nitrogens with zero attached hydrogens (tertiary/aromatic N) is 2. The van der Waals surface area contributed by atoms with Crippen molar-refractivity contribution in [1.29, 1.82) is 0 Å². The molecule has 0 fully saturated rings. The maximum Gasteiger partial charge on any atom is 0.416 e. The van der Waals surface area contributed by atoms with Crippen LogP contribution in [0.15, 0.2) is 52.7 Å². The SMILES string of the molecule is CNC1N=CC2=C(CCN(c3cc(NC(=O)c4cc(C(F)(F)F)cc(C(F)(F)F)c4)ccc3C)C2)N1. The molecular formula is C24H23F6N5O. The van der Waals surface area contributed by atoms with E-state index in [9.17, 15) is 31.1 Å². The lowest BCUT2D eigenvalue weighted by molar-refractivity contribution is -0.143. The molecule has 0 spiro atoms. The van der Waals surface area contributed by atoms with Crippen LogP contribution in [0.4, 0.5) is 37.7 Å². The summed E-state index contributed by atoms with van der Waals surface area (Å²) in [5.74, 6) is -1.08. The molecule has 1 unspecified atom stereocenters. The Morgan fingerprint density at radius 1 is 1.06 bits per heavy atom. The number of aliphatic imine (C=N–C) groups is 1. The highest BCUT2D eigenvalue weighted by Crippen LogP contribution is 2.37. The second kappa shape index (κ2) is 9.49. The quantitative estimate of drug-likeness (QED) is 0.510. The summed E-state index contributed by atoms with van der Waals surface area (Å²) >= 11 is 0. The molecule has 192 valence electrons. The van der Waals surface area contributed by atoms with Crippen LogP contribution in [0.5, 0.6) is 0 Å². The third kappa shape index (κ3) is 5.48. The van der Waals surface area contributed by atoms with Gasteiger partial charge in [-0.3, -0.25) is 15.1 Å². The van der Waals surface area contributed by atoms with Crippen LogP contribution in [-0.2, 0) is 12.4 Å². The van der Waals surface area contributed by atoms with Crippen molar-refractivity contribution in [2.45, 2.75) is 32.0 Å². The van der Waals surface area contributed by atoms with E-state index in [2.05, 4.69) is 25.8 Å². The Labute approximate surface area is 203 Å². The van der Waals surface area contributed by atoms with Crippen molar-refractivity contribution in [2.75, 3.05) is 30.4 Å². The van der Waals surface area contributed by atoms with Crippen LogP contribution in [0.3, 0.4) is 0 Å². The van der Waals surface area contributed by atoms with Gasteiger partial charge in [0, 0.05) is 53.9 Å². The second-order valence-electron chi connectivity index (χ2n) is 8.54. The molecule has 36 heavy (non-hydrogen) atoms. The first kappa shape index (κ1) is 25.5. The Balaban J connectivity index is 1.57. The summed E-state index contributed by atoms with van der Waals surface area (Å²) in [6, 6.07) is 5.73. The van der Waals surface area contributed by atoms with Gasteiger partial charge in [-0.1, -0.05) is 6.07 Å². The number of alkyl halides is 6. The minimum atomic E-state index is -5.04. The molecule has 0 bridgehead atoms. The van der Waals surface area contributed by atoms with Gasteiger partial charge in [0.05, 0.1) is 11.1 Å². The van der Waals surface area contributed by atoms with E-state index >= 15 is 0 Å². The number of hydrogen-bond acceptors (Lipinski definition) is 5. The van der Waals surface area contributed by atoms with Crippen molar-refractivity contribution >= 4 is 23.5 Å². The van der Waals surface area contributed by atoms with Gasteiger partial charge in [-0.2, -0.15) is 26.3 Å². The summed E-state index contributed by atoms with van der Waals surface area (Å²) in [6.07, 6.45) is -7.75. The number of halogens is 6. The Morgan fingerprint density at radius 2 is 1.72 bits per heavy atom. The molecule has 2 aliphatic heterocycles. The zero-order chi connectivity index (χ0) is 26.3. The van der Waals surface area contributed by atoms with Gasteiger partial charge in [0.1, 0.15) is 0 Å². The van der Waals surface area contributed by atoms with Crippen molar-refractivity contribution < 1.29 is 31.1 Å². The summed E-state index contributed by atoms with van der Waals surface area (Å²) in [5, 5.41) is 8.77. The number of benzene rings is 2. The van der Waals surface area contributed by atoms with Crippen molar-refractivity contribution in [2.24, 2.45) is 4.99 Å². The maximum absolute atomic E-state index is 13.2. The average molecular weight is 511 g/mol. The normalized spacial score (nSPS) is 18.1. The molecular weight excluding hydrogens is 488 g/mol. The van der Waals surface area contributed by atoms with E-state index in [1.54, 1.807) is 31.5 Å². The molecule has 6 nitrogen and oxygen atoms in total. The minimum absolute atomic E-state index is 0.0116. The summed E-state index contributed by atoms with van der Waals surface area (Å²) in [6.45, 7) is 3.08. The van der Waals surface area contributed by atoms with E-state index in [0.717, 1.165) is 28.9 Å². The van der Waals surface area contributed by atoms with Crippen molar-refractivity contribution in [1.82, 2.24) is 10.6 Å². The smallest absolute Gasteiger partial charge is 0.366 e. The zero-order valence-electron chi connectivity index (χ0n) is 19.3. The molecule has 4 rings (SSSR count). The predicted octanol–water partition coefficient (Wildman–Crippen LogP) is 4.93. The van der Waals surface area contributed by atoms with Gasteiger partial charge in [0.25, 0.3) is 5.91 Å². The highest BCUT2D eigenvalue weighted by molar-refractivity contribution is 6.04. The third-order valence-electron chi connectivity index (χ3n) is 6.00. The molecule has 2 aromatic rings. The lowest BCUT2D eigenvalue weighted by Crippen LogP contribution is -2.45. The lowest BCUT2D eigenvalue weighted by atomic mass is 10.0. The first-order chi connectivity index (χ1) is 16.8. The molecule has 1 atom stereocenters. The number of amides is 1. The van der Waals surface area contributed by atoms with Crippen molar-refractivity contribution in [3.63, 3.8) is 0 Å². The number of rotatable bonds is 4. The molecule has 0 radical (unpaired) electrons. The Kier molecular flexibility index (Phi) is 6.74. The topological polar surface area (TPSA) is 68.8 Å². The minimum Gasteiger partial charge on any atom is -0.366 e. The van der Waals surface area contributed by atoms with Gasteiger partial charge in [-0.15, -0.1) is 0 Å². The van der Waals surface area contributed by atoms with Crippen LogP contribution in [0.2, 0.25) is 0 Å². The Morgan fingerprint density at radius 3 is 2.33 bits per heavy atom. The number of hydrogen-bond donors (Lipinski definition) is 3. The molecule has 0 saturated carbocycles. The van der Waals surface area contributed by atoms with Crippen LogP contribution >= 0.6 is 0 Å². The fourth-order valence-corrected chi connectivity index (χ4v) is 4.11. The van der Waals surface area contributed by atoms with Crippen LogP contribution in [0.1, 0.15) is 33.5 Å². The van der Waals surface area contributed by atoms with Crippen molar-refractivity contribution in [3.8, 4) is 0 Å². The molecule has 2 heterocycles. The van der Waals surface area contributed by atoms with E-state index in [1.807, 2.05) is 6.92 Å². The van der Waals surface area contributed by atoms with E-state index in [1.165, 1.54) is 0 Å². The summed E-state index contributed by atoms with van der Waals surface area (Å²) in [4.78, 5) is 19.1. The van der Waals surface area contributed by atoms with Crippen molar-refractivity contribution in [3.05, 3.63) is 69.9 Å². The monoisotopic (exact) mass is 511 g/mol. The Bertz CT molecular complexity index is 1200. The zero-order valence-corrected chi connectivity index (χ0v) is 19.3. The first-order valence-electron chi connectivity index (χ1n) is 11.0. The number of anilines is 2. The molecule has 3 N–H and O–H groups in total. The van der Waals surface area contributed by atoms with Gasteiger partial charge < -0.3 is 15.5 Å². The van der Waals surface area contributed by atoms with Gasteiger partial charge in [0.2, 0.25) is 0 Å². The molecule has 2 aliphatic rings. The average Bonchev–Trinajstić information content (AvgIpc) is 2.83. The second-order valence-corrected chi connectivity index (χ2v) is 8.54. The van der Waals surface area contributed by atoms with Gasteiger partial charge >= 0.3 is 12.4 Å². The number of carbonyl (C=O) groups is 1. The highest BCUT2D eigenvalue weighted by atomic mass is 19.4. The van der Waals surface area contributed by atoms with E-state index in [4.69, 9.17) is 0 Å². The number of carbonyl (C=O) groups excluding carboxylic acids is 1. The van der Waals surface area contributed by atoms with Crippen LogP contribution in [-0.4, -0.2) is 38.5 Å². The molecule has 0 aliphatic carbocycles. The number of aryl methyl sites for hydroxylation is 1. The van der Waals surface area contributed by atoms with Gasteiger partial charge in [0.15, 0.2) is 6.29 Å². The standard InChI is InChI=1S/C24H23F6N5O/c1-13-3-4-18(10-20(13)35-6-5-19-15(12-35)11-32-22(31-2)34-19)33-21(36)14-7-16(23(25,26)27)9-17(8-14)24(28,29)30/h3-4,7-11,22,31,34H,5-6,12H2,1-2H3,(H,33,36). The van der Waals surface area contributed by atoms with E-state index < -0.39 is 35.0 Å². The largest absolute Gasteiger partial charge is 0.416 e. The van der Waals surface area contributed by atoms with Gasteiger partial charge in [-0.05, 0) is 49.9 Å². The van der Waals surface area contributed by atoms with Crippen LogP contribution in [0, 0.1) is 6.92 Å². The summed E-state index contributed by atoms with van der Waals surface area (Å²) in [5.41, 5.74) is 0.166. The first-order valence-corrected chi connectivity index (χ1v) is 11.0. The third-order valence-corrected chi connectivity index (χ3v) is 6.00. The maximum atomic E-state index is 13.2. The number of nitrogens with one attached hydrogen (secondary N) is 3. The fourth-order valence-electron chi connectivity index (χ4n) is 4.11. The summed E-state index contributed by atoms with van der Waals surface area (Å²) < 4.78 is 79.0. The fraction of sp³-hybridized carbons (Fsp3) is 0.333. The Hall–Kier alpha value is -3.54. The molecule has 0 aromatic heterocycles. The molecule has 0 saturated heterocycles. The van der Waals surface area contributed by atoms with Crippen LogP contribution in [0.25, 0.3) is 0 Å². The molecule has 2 aromatic carbocycles. The highest BCUT2D eigenvalue weighted by Gasteiger charge is 2.37. The lowest BCUT2D eigenvalue weighted by Gasteiger charge is -2.35. The summed E-state index contributed by atoms with van der Waals surface area (Å²) in [7, 11) is 1.79. The van der Waals surface area contributed by atoms with E-state index in [-0.39, 0.29) is 18.0 Å². The molecule has 1 amide bonds. The van der Waals surface area contributed by atoms with E-state index in [0.29, 0.717) is 25.2 Å². The molecule has 12 heteroatoms.